The molecule has 0 spiro atoms. The van der Waals surface area contributed by atoms with Gasteiger partial charge in [0.1, 0.15) is 6.61 Å². The Morgan fingerprint density at radius 1 is 1.46 bits per heavy atom. The van der Waals surface area contributed by atoms with E-state index in [4.69, 9.17) is 20.8 Å². The van der Waals surface area contributed by atoms with Crippen LogP contribution >= 0.6 is 11.6 Å². The van der Waals surface area contributed by atoms with Crippen LogP contribution in [0.4, 0.5) is 4.79 Å². The van der Waals surface area contributed by atoms with E-state index in [1.165, 1.54) is 11.0 Å². The molecule has 0 saturated carbocycles. The summed E-state index contributed by atoms with van der Waals surface area (Å²) in [4.78, 5) is 25.8. The largest absolute Gasteiger partial charge is 0.445 e. The highest BCUT2D eigenvalue weighted by Crippen LogP contribution is 2.37. The lowest BCUT2D eigenvalue weighted by atomic mass is 10.1. The molecule has 7 heteroatoms. The second-order valence-electron chi connectivity index (χ2n) is 7.32. The highest BCUT2D eigenvalue weighted by molar-refractivity contribution is 6.74. The number of hydrogen-bond donors (Lipinski definition) is 0. The molecule has 136 valence electrons. The second-order valence-corrected chi connectivity index (χ2v) is 12.4. The van der Waals surface area contributed by atoms with Crippen LogP contribution in [0.25, 0.3) is 0 Å². The van der Waals surface area contributed by atoms with Gasteiger partial charge in [-0.2, -0.15) is 0 Å². The minimum absolute atomic E-state index is 0.0418. The van der Waals surface area contributed by atoms with Gasteiger partial charge in [-0.3, -0.25) is 9.69 Å². The van der Waals surface area contributed by atoms with Crippen LogP contribution in [0.15, 0.2) is 24.3 Å². The van der Waals surface area contributed by atoms with Crippen LogP contribution in [-0.4, -0.2) is 56.8 Å². The van der Waals surface area contributed by atoms with Crippen molar-refractivity contribution < 1.29 is 18.8 Å². The first-order valence-corrected chi connectivity index (χ1v) is 11.5. The van der Waals surface area contributed by atoms with Crippen LogP contribution < -0.4 is 0 Å². The van der Waals surface area contributed by atoms with Crippen molar-refractivity contribution in [2.45, 2.75) is 44.9 Å². The molecule has 0 fully saturated rings. The Labute approximate surface area is 150 Å². The average Bonchev–Trinajstić information content (AvgIpc) is 2.92. The van der Waals surface area contributed by atoms with Crippen LogP contribution in [0.1, 0.15) is 20.8 Å². The number of ether oxygens (including phenoxy) is 1. The molecule has 0 aliphatic carbocycles. The summed E-state index contributed by atoms with van der Waals surface area (Å²) in [5, 5.41) is 0.0418. The van der Waals surface area contributed by atoms with E-state index in [1.54, 1.807) is 6.08 Å². The molecule has 1 aliphatic heterocycles. The van der Waals surface area contributed by atoms with E-state index in [0.29, 0.717) is 12.1 Å². The third kappa shape index (κ3) is 4.94. The lowest BCUT2D eigenvalue weighted by Crippen LogP contribution is -2.47. The number of nitrogens with zero attached hydrogens (tertiary/aromatic N) is 1. The molecule has 1 amide bonds. The van der Waals surface area contributed by atoms with Crippen LogP contribution in [0.5, 0.6) is 0 Å². The van der Waals surface area contributed by atoms with Gasteiger partial charge in [-0.15, -0.1) is 11.6 Å². The number of Topliss-reactive ketones (excluding diaryl/α,β-unsaturated/α-hetero) is 1. The lowest BCUT2D eigenvalue weighted by molar-refractivity contribution is -0.113. The highest BCUT2D eigenvalue weighted by Gasteiger charge is 2.41. The van der Waals surface area contributed by atoms with Gasteiger partial charge >= 0.3 is 6.09 Å². The smallest absolute Gasteiger partial charge is 0.410 e. The van der Waals surface area contributed by atoms with Gasteiger partial charge in [0.2, 0.25) is 0 Å². The van der Waals surface area contributed by atoms with Gasteiger partial charge in [0, 0.05) is 12.1 Å². The minimum Gasteiger partial charge on any atom is -0.445 e. The quantitative estimate of drug-likeness (QED) is 0.387. The Morgan fingerprint density at radius 3 is 2.58 bits per heavy atom. The third-order valence-corrected chi connectivity index (χ3v) is 9.40. The molecular formula is C17H28ClNO4Si. The zero-order valence-corrected chi connectivity index (χ0v) is 17.0. The van der Waals surface area contributed by atoms with E-state index in [0.717, 1.165) is 0 Å². The van der Waals surface area contributed by atoms with E-state index in [1.807, 2.05) is 0 Å². The molecule has 0 aromatic carbocycles. The molecule has 0 radical (unpaired) electrons. The predicted molar refractivity (Wildman–Crippen MR) is 99.0 cm³/mol. The van der Waals surface area contributed by atoms with Crippen molar-refractivity contribution in [3.05, 3.63) is 24.3 Å². The minimum atomic E-state index is -2.00. The van der Waals surface area contributed by atoms with Gasteiger partial charge in [0.05, 0.1) is 18.5 Å². The fourth-order valence-corrected chi connectivity index (χ4v) is 3.26. The van der Waals surface area contributed by atoms with Crippen molar-refractivity contribution in [3.63, 3.8) is 0 Å². The van der Waals surface area contributed by atoms with Gasteiger partial charge in [-0.1, -0.05) is 39.5 Å². The number of rotatable bonds is 7. The first-order chi connectivity index (χ1) is 11.0. The van der Waals surface area contributed by atoms with Crippen LogP contribution in [0.2, 0.25) is 18.1 Å². The van der Waals surface area contributed by atoms with Gasteiger partial charge < -0.3 is 9.16 Å². The molecule has 0 unspecified atom stereocenters. The van der Waals surface area contributed by atoms with E-state index in [9.17, 15) is 9.59 Å². The summed E-state index contributed by atoms with van der Waals surface area (Å²) in [5.74, 6) is -0.294. The molecular weight excluding hydrogens is 346 g/mol. The maximum Gasteiger partial charge on any atom is 0.410 e. The van der Waals surface area contributed by atoms with Crippen molar-refractivity contribution >= 4 is 31.8 Å². The Hall–Kier alpha value is -1.11. The average molecular weight is 374 g/mol. The summed E-state index contributed by atoms with van der Waals surface area (Å²) in [6.07, 6.45) is 2.76. The molecule has 1 aliphatic rings. The van der Waals surface area contributed by atoms with Crippen molar-refractivity contribution in [3.8, 4) is 0 Å². The first-order valence-electron chi connectivity index (χ1n) is 8.02. The molecule has 0 bridgehead atoms. The monoisotopic (exact) mass is 373 g/mol. The van der Waals surface area contributed by atoms with Crippen LogP contribution in [0.3, 0.4) is 0 Å². The summed E-state index contributed by atoms with van der Waals surface area (Å²) < 4.78 is 11.3. The highest BCUT2D eigenvalue weighted by atomic mass is 35.5. The molecule has 1 heterocycles. The summed E-state index contributed by atoms with van der Waals surface area (Å²) in [6.45, 7) is 14.9. The maximum absolute atomic E-state index is 12.2. The summed E-state index contributed by atoms with van der Waals surface area (Å²) in [6, 6.07) is -0.456. The Kier molecular flexibility index (Phi) is 7.25. The van der Waals surface area contributed by atoms with Crippen LogP contribution in [-0.2, 0) is 14.0 Å². The van der Waals surface area contributed by atoms with E-state index >= 15 is 0 Å². The molecule has 1 atom stereocenters. The molecule has 0 saturated heterocycles. The van der Waals surface area contributed by atoms with E-state index in [-0.39, 0.29) is 29.9 Å². The molecule has 24 heavy (non-hydrogen) atoms. The molecule has 0 N–H and O–H groups in total. The second kappa shape index (κ2) is 8.32. The Bertz CT molecular complexity index is 525. The Balaban J connectivity index is 2.91. The number of carbonyl (C=O) groups is 2. The molecule has 1 rings (SSSR count). The van der Waals surface area contributed by atoms with Gasteiger partial charge in [-0.05, 0) is 18.1 Å². The number of hydrogen-bond acceptors (Lipinski definition) is 4. The lowest BCUT2D eigenvalue weighted by Gasteiger charge is -2.38. The molecule has 0 aromatic rings. The maximum atomic E-state index is 12.2. The first kappa shape index (κ1) is 20.9. The number of carbonyl (C=O) groups excluding carboxylic acids is 2. The summed E-state index contributed by atoms with van der Waals surface area (Å²) >= 11 is 5.70. The Morgan fingerprint density at radius 2 is 2.08 bits per heavy atom. The SMILES string of the molecule is C=CCOC(=O)N1CC=C(C(=O)CCl)[C@H]1CO[Si](C)(C)C(C)(C)C. The number of amides is 1. The van der Waals surface area contributed by atoms with Gasteiger partial charge in [-0.25, -0.2) is 4.79 Å². The standard InChI is InChI=1S/C17H28ClNO4Si/c1-7-10-22-16(21)19-9-8-13(15(20)11-18)14(19)12-23-24(5,6)17(2,3)4/h7-8,14H,1,9-12H2,2-6H3/t14-/m1/s1. The molecule has 5 nitrogen and oxygen atoms in total. The topological polar surface area (TPSA) is 55.8 Å². The van der Waals surface area contributed by atoms with Gasteiger partial charge in [0.25, 0.3) is 0 Å². The van der Waals surface area contributed by atoms with Crippen LogP contribution in [0, 0.1) is 0 Å². The number of ketones is 1. The van der Waals surface area contributed by atoms with E-state index in [2.05, 4.69) is 40.4 Å². The van der Waals surface area contributed by atoms with E-state index < -0.39 is 20.5 Å². The normalized spacial score (nSPS) is 18.3. The summed E-state index contributed by atoms with van der Waals surface area (Å²) in [7, 11) is -2.00. The van der Waals surface area contributed by atoms with Crippen molar-refractivity contribution in [1.82, 2.24) is 4.90 Å². The fourth-order valence-electron chi connectivity index (χ4n) is 2.10. The zero-order chi connectivity index (χ0) is 18.5. The zero-order valence-electron chi connectivity index (χ0n) is 15.2. The van der Waals surface area contributed by atoms with Crippen molar-refractivity contribution in [2.24, 2.45) is 0 Å². The predicted octanol–water partition coefficient (Wildman–Crippen LogP) is 3.75. The van der Waals surface area contributed by atoms with Crippen molar-refractivity contribution in [2.75, 3.05) is 25.6 Å². The molecule has 0 aromatic heterocycles. The number of halogens is 1. The fraction of sp³-hybridized carbons (Fsp3) is 0.647. The third-order valence-electron chi connectivity index (χ3n) is 4.65. The van der Waals surface area contributed by atoms with Gasteiger partial charge in [0.15, 0.2) is 14.1 Å². The van der Waals surface area contributed by atoms with Crippen molar-refractivity contribution in [1.29, 1.82) is 0 Å². The number of alkyl halides is 1. The summed E-state index contributed by atoms with van der Waals surface area (Å²) in [5.41, 5.74) is 0.527.